The van der Waals surface area contributed by atoms with Crippen molar-refractivity contribution in [2.24, 2.45) is 0 Å². The van der Waals surface area contributed by atoms with E-state index in [2.05, 4.69) is 36.4 Å². The number of hydrogen-bond acceptors (Lipinski definition) is 3. The molecule has 0 unspecified atom stereocenters. The summed E-state index contributed by atoms with van der Waals surface area (Å²) in [6.07, 6.45) is 0.103. The number of benzene rings is 3. The fourth-order valence-electron chi connectivity index (χ4n) is 3.46. The van der Waals surface area contributed by atoms with Gasteiger partial charge in [-0.25, -0.2) is 0 Å². The maximum atomic E-state index is 13.0. The van der Waals surface area contributed by atoms with Gasteiger partial charge in [0.1, 0.15) is 35.8 Å². The van der Waals surface area contributed by atoms with Gasteiger partial charge in [0.05, 0.1) is 6.61 Å². The van der Waals surface area contributed by atoms with Gasteiger partial charge in [0.2, 0.25) is 0 Å². The largest absolute Gasteiger partial charge is 0.466 e. The first-order chi connectivity index (χ1) is 13.7. The molecule has 0 fully saturated rings. The normalized spacial score (nSPS) is 10.7. The molecule has 0 spiro atoms. The van der Waals surface area contributed by atoms with Gasteiger partial charge in [-0.3, -0.25) is 9.59 Å². The zero-order chi connectivity index (χ0) is 19.8. The fraction of sp³-hybridized carbons (Fsp3) is 0.167. The first-order valence-electron chi connectivity index (χ1n) is 9.39. The summed E-state index contributed by atoms with van der Waals surface area (Å²) in [6, 6.07) is 30.5. The molecule has 0 aromatic heterocycles. The van der Waals surface area contributed by atoms with Crippen molar-refractivity contribution in [1.29, 1.82) is 0 Å². The second kappa shape index (κ2) is 10.9. The van der Waals surface area contributed by atoms with Crippen molar-refractivity contribution in [3.8, 4) is 0 Å². The zero-order valence-electron chi connectivity index (χ0n) is 16.4. The Labute approximate surface area is 178 Å². The van der Waals surface area contributed by atoms with Crippen LogP contribution in [0.2, 0.25) is 0 Å². The van der Waals surface area contributed by atoms with Crippen LogP contribution in [0.1, 0.15) is 13.3 Å². The maximum absolute atomic E-state index is 13.0. The molecule has 0 saturated heterocycles. The molecular weight excluding hydrogens is 403 g/mol. The Kier molecular flexibility index (Phi) is 8.57. The minimum atomic E-state index is -2.24. The van der Waals surface area contributed by atoms with Crippen molar-refractivity contribution in [2.75, 3.05) is 12.8 Å². The Hall–Kier alpha value is -2.48. The highest BCUT2D eigenvalue weighted by molar-refractivity contribution is 7.96. The minimum Gasteiger partial charge on any atom is -0.466 e. The number of carbonyl (C=O) groups is 2. The highest BCUT2D eigenvalue weighted by atomic mass is 35.5. The van der Waals surface area contributed by atoms with E-state index in [1.165, 1.54) is 0 Å². The molecule has 3 aromatic rings. The van der Waals surface area contributed by atoms with Crippen LogP contribution in [0.4, 0.5) is 0 Å². The molecule has 0 aliphatic rings. The van der Waals surface area contributed by atoms with E-state index in [1.54, 1.807) is 6.92 Å². The Balaban J connectivity index is 0.00000300. The van der Waals surface area contributed by atoms with Crippen LogP contribution in [-0.4, -0.2) is 24.5 Å². The van der Waals surface area contributed by atoms with E-state index in [1.807, 2.05) is 54.6 Å². The van der Waals surface area contributed by atoms with Crippen molar-refractivity contribution in [3.05, 3.63) is 91.0 Å². The average Bonchev–Trinajstić information content (AvgIpc) is 2.74. The van der Waals surface area contributed by atoms with E-state index < -0.39 is 13.2 Å². The molecule has 3 aromatic carbocycles. The zero-order valence-corrected chi connectivity index (χ0v) is 18.1. The number of ketones is 1. The summed E-state index contributed by atoms with van der Waals surface area (Å²) in [5.41, 5.74) is 0. The third-order valence-electron chi connectivity index (χ3n) is 4.65. The van der Waals surface area contributed by atoms with Crippen molar-refractivity contribution >= 4 is 47.3 Å². The summed E-state index contributed by atoms with van der Waals surface area (Å²) < 4.78 is 5.00. The maximum Gasteiger partial charge on any atom is 0.313 e. The standard InChI is InChI=1S/C24H24O3P.ClH/c1-2-27-24(26)18-20(25)19-28(21-12-6-3-7-13-21,22-14-8-4-9-15-22)23-16-10-5-11-17-23;/h3-17H,2,18-19H2,1H3;1H/q+1;. The van der Waals surface area contributed by atoms with Crippen LogP contribution in [0, 0.1) is 0 Å². The number of ether oxygens (including phenoxy) is 1. The highest BCUT2D eigenvalue weighted by Crippen LogP contribution is 2.55. The third kappa shape index (κ3) is 5.32. The minimum absolute atomic E-state index is 0. The number of rotatable bonds is 8. The smallest absolute Gasteiger partial charge is 0.313 e. The number of halogens is 1. The molecule has 0 bridgehead atoms. The van der Waals surface area contributed by atoms with Crippen LogP contribution in [0.5, 0.6) is 0 Å². The van der Waals surface area contributed by atoms with Crippen molar-refractivity contribution in [1.82, 2.24) is 0 Å². The molecular formula is C24H25ClO3P+. The van der Waals surface area contributed by atoms with Gasteiger partial charge in [-0.05, 0) is 43.3 Å². The van der Waals surface area contributed by atoms with Crippen molar-refractivity contribution in [2.45, 2.75) is 13.3 Å². The van der Waals surface area contributed by atoms with Crippen LogP contribution in [0.3, 0.4) is 0 Å². The van der Waals surface area contributed by atoms with E-state index in [-0.39, 0.29) is 31.2 Å². The molecule has 3 nitrogen and oxygen atoms in total. The SMILES string of the molecule is CCOC(=O)CC(=O)C[P+](c1ccccc1)(c1ccccc1)c1ccccc1.Cl. The highest BCUT2D eigenvalue weighted by Gasteiger charge is 2.47. The first-order valence-corrected chi connectivity index (χ1v) is 11.4. The summed E-state index contributed by atoms with van der Waals surface area (Å²) >= 11 is 0. The van der Waals surface area contributed by atoms with Gasteiger partial charge in [-0.15, -0.1) is 12.4 Å². The molecule has 150 valence electrons. The Bertz CT molecular complexity index is 818. The average molecular weight is 428 g/mol. The van der Waals surface area contributed by atoms with Gasteiger partial charge in [0, 0.05) is 0 Å². The molecule has 29 heavy (non-hydrogen) atoms. The lowest BCUT2D eigenvalue weighted by Crippen LogP contribution is -2.36. The van der Waals surface area contributed by atoms with Crippen LogP contribution >= 0.6 is 19.7 Å². The van der Waals surface area contributed by atoms with Gasteiger partial charge >= 0.3 is 5.97 Å². The molecule has 0 atom stereocenters. The van der Waals surface area contributed by atoms with Crippen molar-refractivity contribution < 1.29 is 14.3 Å². The monoisotopic (exact) mass is 427 g/mol. The summed E-state index contributed by atoms with van der Waals surface area (Å²) in [7, 11) is -2.24. The molecule has 0 N–H and O–H groups in total. The number of hydrogen-bond donors (Lipinski definition) is 0. The molecule has 0 aliphatic carbocycles. The summed E-state index contributed by atoms with van der Waals surface area (Å²) in [4.78, 5) is 24.9. The summed E-state index contributed by atoms with van der Waals surface area (Å²) in [6.45, 7) is 2.03. The first kappa shape index (κ1) is 22.8. The summed E-state index contributed by atoms with van der Waals surface area (Å²) in [5.74, 6) is -0.553. The van der Waals surface area contributed by atoms with Crippen LogP contribution in [0.25, 0.3) is 0 Å². The molecule has 0 amide bonds. The lowest BCUT2D eigenvalue weighted by molar-refractivity contribution is -0.145. The molecule has 0 aliphatic heterocycles. The van der Waals surface area contributed by atoms with Crippen molar-refractivity contribution in [3.63, 3.8) is 0 Å². The van der Waals surface area contributed by atoms with E-state index in [0.717, 1.165) is 15.9 Å². The Morgan fingerprint density at radius 1 is 0.724 bits per heavy atom. The Morgan fingerprint density at radius 3 is 1.45 bits per heavy atom. The second-order valence-corrected chi connectivity index (χ2v) is 9.98. The Morgan fingerprint density at radius 2 is 1.10 bits per heavy atom. The number of Topliss-reactive ketones (excluding diaryl/α,β-unsaturated/α-hetero) is 1. The summed E-state index contributed by atoms with van der Waals surface area (Å²) in [5, 5.41) is 3.39. The van der Waals surface area contributed by atoms with Crippen LogP contribution < -0.4 is 15.9 Å². The second-order valence-electron chi connectivity index (χ2n) is 6.49. The molecule has 0 radical (unpaired) electrons. The lowest BCUT2D eigenvalue weighted by Gasteiger charge is -2.27. The van der Waals surface area contributed by atoms with E-state index in [9.17, 15) is 9.59 Å². The van der Waals surface area contributed by atoms with Gasteiger partial charge in [-0.1, -0.05) is 54.6 Å². The predicted octanol–water partition coefficient (Wildman–Crippen LogP) is 3.92. The molecule has 0 heterocycles. The quantitative estimate of drug-likeness (QED) is 0.311. The number of carbonyl (C=O) groups excluding carboxylic acids is 2. The molecule has 5 heteroatoms. The van der Waals surface area contributed by atoms with E-state index in [0.29, 0.717) is 6.16 Å². The number of esters is 1. The van der Waals surface area contributed by atoms with Crippen LogP contribution in [0.15, 0.2) is 91.0 Å². The third-order valence-corrected chi connectivity index (χ3v) is 9.02. The fourth-order valence-corrected chi connectivity index (χ4v) is 7.59. The van der Waals surface area contributed by atoms with Gasteiger partial charge in [0.25, 0.3) is 0 Å². The van der Waals surface area contributed by atoms with E-state index in [4.69, 9.17) is 4.74 Å². The topological polar surface area (TPSA) is 43.4 Å². The van der Waals surface area contributed by atoms with E-state index >= 15 is 0 Å². The van der Waals surface area contributed by atoms with Gasteiger partial charge < -0.3 is 4.74 Å². The predicted molar refractivity (Wildman–Crippen MR) is 124 cm³/mol. The van der Waals surface area contributed by atoms with Gasteiger partial charge in [-0.2, -0.15) is 0 Å². The lowest BCUT2D eigenvalue weighted by atomic mass is 10.3. The van der Waals surface area contributed by atoms with Crippen LogP contribution in [-0.2, 0) is 14.3 Å². The molecule has 3 rings (SSSR count). The molecule has 0 saturated carbocycles. The van der Waals surface area contributed by atoms with Gasteiger partial charge in [0.15, 0.2) is 5.78 Å².